The molecule has 1 atom stereocenters. The van der Waals surface area contributed by atoms with Gasteiger partial charge in [0.05, 0.1) is 6.54 Å². The number of carboxylic acid groups (broad SMARTS) is 1. The van der Waals surface area contributed by atoms with Gasteiger partial charge in [0.25, 0.3) is 0 Å². The van der Waals surface area contributed by atoms with Crippen molar-refractivity contribution in [2.24, 2.45) is 0 Å². The van der Waals surface area contributed by atoms with E-state index in [2.05, 4.69) is 32.4 Å². The molecule has 2 fully saturated rings. The summed E-state index contributed by atoms with van der Waals surface area (Å²) in [6, 6.07) is 0.459. The molecule has 2 rings (SSSR count). The quantitative estimate of drug-likeness (QED) is 0.222. The van der Waals surface area contributed by atoms with Gasteiger partial charge in [-0.05, 0) is 39.3 Å². The van der Waals surface area contributed by atoms with Gasteiger partial charge in [0.1, 0.15) is 0 Å². The molecule has 0 radical (unpaired) electrons. The summed E-state index contributed by atoms with van der Waals surface area (Å²) in [6.45, 7) is 7.74. The zero-order chi connectivity index (χ0) is 21.1. The Bertz CT molecular complexity index is 537. The number of nitrogens with one attached hydrogen (secondary N) is 2. The smallest absolute Gasteiger partial charge is 0.303 e. The van der Waals surface area contributed by atoms with Crippen LogP contribution in [0.4, 0.5) is 0 Å². The molecular weight excluding hydrogens is 388 g/mol. The van der Waals surface area contributed by atoms with E-state index in [1.54, 1.807) is 0 Å². The first-order valence-corrected chi connectivity index (χ1v) is 10.8. The molecule has 0 aliphatic carbocycles. The van der Waals surface area contributed by atoms with Gasteiger partial charge in [-0.1, -0.05) is 0 Å². The zero-order valence-corrected chi connectivity index (χ0v) is 17.7. The van der Waals surface area contributed by atoms with Crippen molar-refractivity contribution in [2.45, 2.75) is 44.6 Å². The molecule has 0 aromatic carbocycles. The number of hydrogen-bond acceptors (Lipinski definition) is 6. The largest absolute Gasteiger partial charge is 0.481 e. The summed E-state index contributed by atoms with van der Waals surface area (Å²) in [5, 5.41) is 14.2. The SMILES string of the molecule is C[15N]1CCN([13CH2][13CH]2[13CH2][13CH2][13CH2][15N]2CC(=O)NCCCC(=O)[15NH][13CH2][13CH2][13CH2][13C](=O)O)[13CH2][13CH2]1. The predicted octanol–water partition coefficient (Wildman–Crippen LogP) is -0.424. The van der Waals surface area contributed by atoms with Gasteiger partial charge in [0.2, 0.25) is 11.8 Å². The number of amides is 2. The van der Waals surface area contributed by atoms with Gasteiger partial charge >= 0.3 is 5.97 Å². The fraction of sp³-hybridized carbons (Fsp3) is 0.850. The second kappa shape index (κ2) is 12.8. The minimum atomic E-state index is -0.856. The minimum Gasteiger partial charge on any atom is -0.481 e. The number of aliphatic carboxylic acids is 1. The van der Waals surface area contributed by atoms with E-state index in [0.29, 0.717) is 44.9 Å². The molecule has 2 amide bonds. The van der Waals surface area contributed by atoms with Crippen LogP contribution < -0.4 is 10.6 Å². The van der Waals surface area contributed by atoms with Gasteiger partial charge in [-0.25, -0.2) is 0 Å². The summed E-state index contributed by atoms with van der Waals surface area (Å²) in [5.41, 5.74) is 0. The summed E-state index contributed by atoms with van der Waals surface area (Å²) >= 11 is 0. The lowest BCUT2D eigenvalue weighted by atomic mass is 10.3. The predicted molar refractivity (Wildman–Crippen MR) is 111 cm³/mol. The first-order valence-electron chi connectivity index (χ1n) is 10.8. The molecule has 29 heavy (non-hydrogen) atoms. The van der Waals surface area contributed by atoms with Gasteiger partial charge < -0.3 is 20.6 Å². The third-order valence-electron chi connectivity index (χ3n) is 5.70. The van der Waals surface area contributed by atoms with Gasteiger partial charge in [-0.15, -0.1) is 0 Å². The molecule has 0 aromatic heterocycles. The van der Waals surface area contributed by atoms with E-state index in [0.717, 1.165) is 52.1 Å². The van der Waals surface area contributed by atoms with Gasteiger partial charge in [-0.3, -0.25) is 24.2 Å². The Hall–Kier alpha value is -1.71. The third kappa shape index (κ3) is 9.56. The maximum absolute atomic E-state index is 12.3. The van der Waals surface area contributed by atoms with E-state index >= 15 is 0 Å². The molecule has 2 aliphatic rings. The molecule has 0 saturated carbocycles. The van der Waals surface area contributed by atoms with Crippen LogP contribution in [-0.4, -0.2) is 110 Å². The Morgan fingerprint density at radius 1 is 0.931 bits per heavy atom. The first-order chi connectivity index (χ1) is 13.9. The summed E-state index contributed by atoms with van der Waals surface area (Å²) in [6.07, 6.45) is 3.71. The van der Waals surface area contributed by atoms with Crippen LogP contribution >= 0.6 is 0 Å². The van der Waals surface area contributed by atoms with Crippen LogP contribution in [0.5, 0.6) is 0 Å². The normalized spacial score (nSPS) is 21.2. The van der Waals surface area contributed by atoms with Crippen molar-refractivity contribution < 1.29 is 19.5 Å². The van der Waals surface area contributed by atoms with Crippen LogP contribution in [0.3, 0.4) is 0 Å². The minimum absolute atomic E-state index is 0.0251. The Morgan fingerprint density at radius 2 is 1.59 bits per heavy atom. The van der Waals surface area contributed by atoms with Gasteiger partial charge in [0.15, 0.2) is 0 Å². The second-order valence-corrected chi connectivity index (χ2v) is 8.17. The molecule has 0 aromatic rings. The number of hydrogen-bond donors (Lipinski definition) is 3. The third-order valence-corrected chi connectivity index (χ3v) is 5.70. The van der Waals surface area contributed by atoms with E-state index in [1.165, 1.54) is 0 Å². The Balaban J connectivity index is 1.55. The number of rotatable bonds is 12. The maximum atomic E-state index is 12.3. The van der Waals surface area contributed by atoms with Crippen LogP contribution in [0.2, 0.25) is 0 Å². The number of carbonyl (C=O) groups excluding carboxylic acids is 2. The summed E-state index contributed by atoms with van der Waals surface area (Å²) in [4.78, 5) is 41.5. The van der Waals surface area contributed by atoms with Gasteiger partial charge in [0, 0.05) is 64.7 Å². The lowest BCUT2D eigenvalue weighted by Crippen LogP contribution is -2.50. The number of carbonyl (C=O) groups is 3. The topological polar surface area (TPSA) is 105 Å². The average Bonchev–Trinajstić information content (AvgIpc) is 3.10. The Labute approximate surface area is 173 Å². The lowest BCUT2D eigenvalue weighted by molar-refractivity contribution is -0.137. The van der Waals surface area contributed by atoms with E-state index in [9.17, 15) is 14.4 Å². The van der Waals surface area contributed by atoms with Crippen LogP contribution in [0.15, 0.2) is 0 Å². The number of likely N-dealkylation sites (N-methyl/N-ethyl adjacent to an activating group) is 1. The van der Waals surface area contributed by atoms with Crippen molar-refractivity contribution in [3.63, 3.8) is 0 Å². The average molecular weight is 425 g/mol. The van der Waals surface area contributed by atoms with Crippen molar-refractivity contribution in [3.8, 4) is 0 Å². The van der Waals surface area contributed by atoms with Crippen molar-refractivity contribution in [2.75, 3.05) is 66.0 Å². The van der Waals surface area contributed by atoms with Crippen molar-refractivity contribution in [3.05, 3.63) is 0 Å². The van der Waals surface area contributed by atoms with Crippen LogP contribution in [-0.2, 0) is 14.4 Å². The van der Waals surface area contributed by atoms with Crippen LogP contribution in [0.1, 0.15) is 38.5 Å². The zero-order valence-electron chi connectivity index (χ0n) is 17.7. The summed E-state index contributed by atoms with van der Waals surface area (Å²) in [7, 11) is 2.16. The van der Waals surface area contributed by atoms with Crippen molar-refractivity contribution in [1.82, 2.24) is 25.3 Å². The highest BCUT2D eigenvalue weighted by Crippen LogP contribution is 2.18. The number of carboxylic acids is 1. The molecule has 2 aliphatic heterocycles. The standard InChI is InChI=1S/C20H37N5O4/c1-23-11-13-24(14-12-23)15-17-5-4-10-25(17)16-19(27)22-8-2-6-18(26)21-9-3-7-20(28)29/h17H,2-16H2,1H3,(H,21,26)(H,22,27)(H,28,29)/i3+1,4+1,5+1,7+1,9+1,10+1,11+1,13+1,15+1,17+1,20+1,21+1,23+1,25+1. The number of piperazine rings is 1. The van der Waals surface area contributed by atoms with Crippen LogP contribution in [0.25, 0.3) is 0 Å². The Morgan fingerprint density at radius 3 is 2.28 bits per heavy atom. The van der Waals surface area contributed by atoms with Crippen LogP contribution in [0, 0.1) is 0 Å². The lowest BCUT2D eigenvalue weighted by Gasteiger charge is -2.36. The number of likely N-dealkylation sites (tertiary alicyclic amines) is 1. The second-order valence-electron chi connectivity index (χ2n) is 8.17. The van der Waals surface area contributed by atoms with Crippen molar-refractivity contribution >= 4 is 17.8 Å². The first kappa shape index (κ1) is 23.6. The van der Waals surface area contributed by atoms with E-state index in [-0.39, 0.29) is 18.2 Å². The van der Waals surface area contributed by atoms with E-state index in [4.69, 9.17) is 5.11 Å². The van der Waals surface area contributed by atoms with Crippen molar-refractivity contribution in [1.29, 1.82) is 0 Å². The monoisotopic (exact) mass is 425 g/mol. The van der Waals surface area contributed by atoms with Gasteiger partial charge in [-0.2, -0.15) is 0 Å². The molecule has 9 nitrogen and oxygen atoms in total. The highest BCUT2D eigenvalue weighted by Gasteiger charge is 2.28. The maximum Gasteiger partial charge on any atom is 0.303 e. The molecule has 1 unspecified atom stereocenters. The molecule has 9 heteroatoms. The molecule has 2 heterocycles. The molecule has 0 spiro atoms. The molecule has 166 valence electrons. The highest BCUT2D eigenvalue weighted by molar-refractivity contribution is 5.78. The molecule has 2 saturated heterocycles. The molecule has 3 N–H and O–H groups in total. The Kier molecular flexibility index (Phi) is 10.4. The number of nitrogens with zero attached hydrogens (tertiary/aromatic N) is 3. The summed E-state index contributed by atoms with van der Waals surface area (Å²) < 4.78 is 0. The summed E-state index contributed by atoms with van der Waals surface area (Å²) in [5.74, 6) is -0.931. The van der Waals surface area contributed by atoms with E-state index < -0.39 is 5.97 Å². The van der Waals surface area contributed by atoms with E-state index in [1.807, 2.05) is 0 Å². The highest BCUT2D eigenvalue weighted by atomic mass is 16.5. The molecule has 0 bridgehead atoms. The molecular formula is C20H37N5O4. The fourth-order valence-electron chi connectivity index (χ4n) is 3.91. The fourth-order valence-corrected chi connectivity index (χ4v) is 3.91.